The predicted molar refractivity (Wildman–Crippen MR) is 71.4 cm³/mol. The van der Waals surface area contributed by atoms with E-state index in [-0.39, 0.29) is 0 Å². The summed E-state index contributed by atoms with van der Waals surface area (Å²) in [5.74, 6) is 3.93. The minimum Gasteiger partial charge on any atom is -0.463 e. The van der Waals surface area contributed by atoms with Crippen LogP contribution in [-0.2, 0) is 5.60 Å². The lowest BCUT2D eigenvalue weighted by Gasteiger charge is -2.27. The molecule has 1 atom stereocenters. The highest BCUT2D eigenvalue weighted by Crippen LogP contribution is 2.23. The summed E-state index contributed by atoms with van der Waals surface area (Å²) in [7, 11) is 0. The largest absolute Gasteiger partial charge is 0.463 e. The summed E-state index contributed by atoms with van der Waals surface area (Å²) in [6, 6.07) is 4.29. The van der Waals surface area contributed by atoms with Crippen molar-refractivity contribution in [2.24, 2.45) is 0 Å². The lowest BCUT2D eigenvalue weighted by atomic mass is 10.0. The third kappa shape index (κ3) is 3.50. The lowest BCUT2D eigenvalue weighted by molar-refractivity contribution is 0.0305. The van der Waals surface area contributed by atoms with Crippen LogP contribution in [0, 0.1) is 6.92 Å². The molecule has 1 aliphatic rings. The molecule has 2 heterocycles. The predicted octanol–water partition coefficient (Wildman–Crippen LogP) is 2.28. The zero-order chi connectivity index (χ0) is 12.3. The van der Waals surface area contributed by atoms with E-state index in [2.05, 4.69) is 5.32 Å². The summed E-state index contributed by atoms with van der Waals surface area (Å²) < 4.78 is 5.49. The first kappa shape index (κ1) is 13.0. The molecule has 0 amide bonds. The molecule has 2 N–H and O–H groups in total. The fourth-order valence-electron chi connectivity index (χ4n) is 2.06. The molecule has 0 radical (unpaired) electrons. The van der Waals surface area contributed by atoms with E-state index in [1.165, 1.54) is 24.3 Å². The van der Waals surface area contributed by atoms with Crippen molar-refractivity contribution >= 4 is 11.8 Å². The van der Waals surface area contributed by atoms with Gasteiger partial charge in [-0.15, -0.1) is 0 Å². The van der Waals surface area contributed by atoms with Crippen LogP contribution in [0.4, 0.5) is 0 Å². The molecule has 96 valence electrons. The average Bonchev–Trinajstić information content (AvgIpc) is 2.76. The van der Waals surface area contributed by atoms with E-state index >= 15 is 0 Å². The van der Waals surface area contributed by atoms with Crippen LogP contribution in [0.25, 0.3) is 0 Å². The van der Waals surface area contributed by atoms with E-state index in [1.807, 2.05) is 30.8 Å². The van der Waals surface area contributed by atoms with Crippen molar-refractivity contribution < 1.29 is 9.52 Å². The summed E-state index contributed by atoms with van der Waals surface area (Å²) in [5.41, 5.74) is -0.918. The summed E-state index contributed by atoms with van der Waals surface area (Å²) in [5, 5.41) is 13.8. The lowest BCUT2D eigenvalue weighted by Crippen LogP contribution is -2.42. The smallest absolute Gasteiger partial charge is 0.136 e. The first-order valence-electron chi connectivity index (χ1n) is 6.18. The van der Waals surface area contributed by atoms with E-state index in [4.69, 9.17) is 4.42 Å². The first-order chi connectivity index (χ1) is 8.08. The monoisotopic (exact) mass is 255 g/mol. The van der Waals surface area contributed by atoms with Gasteiger partial charge in [0.2, 0.25) is 0 Å². The molecule has 1 unspecified atom stereocenters. The van der Waals surface area contributed by atoms with Gasteiger partial charge in [-0.05, 0) is 50.3 Å². The Kier molecular flexibility index (Phi) is 4.17. The van der Waals surface area contributed by atoms with Crippen LogP contribution in [0.3, 0.4) is 0 Å². The molecule has 3 nitrogen and oxygen atoms in total. The van der Waals surface area contributed by atoms with E-state index in [0.29, 0.717) is 18.3 Å². The van der Waals surface area contributed by atoms with E-state index < -0.39 is 5.60 Å². The quantitative estimate of drug-likeness (QED) is 0.866. The molecule has 1 aromatic rings. The molecule has 1 saturated heterocycles. The third-order valence-electron chi connectivity index (χ3n) is 3.23. The van der Waals surface area contributed by atoms with Crippen LogP contribution in [0.1, 0.15) is 31.3 Å². The average molecular weight is 255 g/mol. The Morgan fingerprint density at radius 3 is 2.76 bits per heavy atom. The molecule has 0 saturated carbocycles. The Morgan fingerprint density at radius 2 is 2.18 bits per heavy atom. The van der Waals surface area contributed by atoms with Crippen LogP contribution in [0.5, 0.6) is 0 Å². The van der Waals surface area contributed by atoms with Gasteiger partial charge in [-0.2, -0.15) is 11.8 Å². The topological polar surface area (TPSA) is 45.4 Å². The van der Waals surface area contributed by atoms with Crippen LogP contribution in [0.2, 0.25) is 0 Å². The molecule has 0 aromatic carbocycles. The maximum Gasteiger partial charge on any atom is 0.136 e. The molecule has 17 heavy (non-hydrogen) atoms. The molecule has 0 spiro atoms. The van der Waals surface area contributed by atoms with Gasteiger partial charge in [-0.25, -0.2) is 0 Å². The van der Waals surface area contributed by atoms with Crippen LogP contribution < -0.4 is 5.32 Å². The molecular weight excluding hydrogens is 234 g/mol. The first-order valence-corrected chi connectivity index (χ1v) is 7.34. The van der Waals surface area contributed by atoms with Crippen molar-refractivity contribution in [2.45, 2.75) is 38.3 Å². The standard InChI is InChI=1S/C13H21NO2S/c1-10-3-4-12(16-10)13(2,15)9-14-11-5-7-17-8-6-11/h3-4,11,14-15H,5-9H2,1-2H3. The van der Waals surface area contributed by atoms with Gasteiger partial charge in [0.25, 0.3) is 0 Å². The van der Waals surface area contributed by atoms with Gasteiger partial charge in [0.1, 0.15) is 17.1 Å². The second kappa shape index (κ2) is 5.46. The van der Waals surface area contributed by atoms with Crippen LogP contribution in [0.15, 0.2) is 16.5 Å². The number of hydrogen-bond acceptors (Lipinski definition) is 4. The molecule has 0 aliphatic carbocycles. The normalized spacial score (nSPS) is 21.4. The number of aryl methyl sites for hydroxylation is 1. The number of furan rings is 1. The fraction of sp³-hybridized carbons (Fsp3) is 0.692. The molecule has 4 heteroatoms. The molecule has 1 aliphatic heterocycles. The highest BCUT2D eigenvalue weighted by atomic mass is 32.2. The van der Waals surface area contributed by atoms with Crippen molar-refractivity contribution in [3.63, 3.8) is 0 Å². The Bertz CT molecular complexity index is 356. The second-order valence-electron chi connectivity index (χ2n) is 4.95. The summed E-state index contributed by atoms with van der Waals surface area (Å²) in [6.45, 7) is 4.25. The van der Waals surface area contributed by atoms with Crippen LogP contribution >= 0.6 is 11.8 Å². The number of nitrogens with one attached hydrogen (secondary N) is 1. The third-order valence-corrected chi connectivity index (χ3v) is 4.28. The highest BCUT2D eigenvalue weighted by Gasteiger charge is 2.27. The van der Waals surface area contributed by atoms with Crippen molar-refractivity contribution in [1.82, 2.24) is 5.32 Å². The van der Waals surface area contributed by atoms with E-state index in [9.17, 15) is 5.11 Å². The minimum atomic E-state index is -0.918. The van der Waals surface area contributed by atoms with Crippen molar-refractivity contribution in [3.8, 4) is 0 Å². The molecule has 1 fully saturated rings. The van der Waals surface area contributed by atoms with E-state index in [0.717, 1.165) is 5.76 Å². The van der Waals surface area contributed by atoms with E-state index in [1.54, 1.807) is 6.92 Å². The van der Waals surface area contributed by atoms with Gasteiger partial charge < -0.3 is 14.8 Å². The number of aliphatic hydroxyl groups is 1. The zero-order valence-corrected chi connectivity index (χ0v) is 11.3. The molecule has 1 aromatic heterocycles. The molecular formula is C13H21NO2S. The van der Waals surface area contributed by atoms with Gasteiger partial charge in [0.05, 0.1) is 0 Å². The van der Waals surface area contributed by atoms with Crippen molar-refractivity contribution in [2.75, 3.05) is 18.1 Å². The second-order valence-corrected chi connectivity index (χ2v) is 6.18. The van der Waals surface area contributed by atoms with Crippen molar-refractivity contribution in [1.29, 1.82) is 0 Å². The van der Waals surface area contributed by atoms with Gasteiger partial charge in [-0.3, -0.25) is 0 Å². The van der Waals surface area contributed by atoms with Gasteiger partial charge in [0.15, 0.2) is 0 Å². The molecule has 0 bridgehead atoms. The maximum atomic E-state index is 10.4. The van der Waals surface area contributed by atoms with Crippen LogP contribution in [-0.4, -0.2) is 29.2 Å². The molecule has 2 rings (SSSR count). The zero-order valence-electron chi connectivity index (χ0n) is 10.5. The van der Waals surface area contributed by atoms with Gasteiger partial charge in [0, 0.05) is 12.6 Å². The maximum absolute atomic E-state index is 10.4. The fourth-order valence-corrected chi connectivity index (χ4v) is 3.16. The van der Waals surface area contributed by atoms with Crippen molar-refractivity contribution in [3.05, 3.63) is 23.7 Å². The Labute approximate surface area is 107 Å². The SMILES string of the molecule is Cc1ccc(C(C)(O)CNC2CCSCC2)o1. The number of hydrogen-bond donors (Lipinski definition) is 2. The number of thioether (sulfide) groups is 1. The number of rotatable bonds is 4. The van der Waals surface area contributed by atoms with Gasteiger partial charge in [-0.1, -0.05) is 0 Å². The summed E-state index contributed by atoms with van der Waals surface area (Å²) >= 11 is 2.01. The Balaban J connectivity index is 1.88. The highest BCUT2D eigenvalue weighted by molar-refractivity contribution is 7.99. The Morgan fingerprint density at radius 1 is 1.47 bits per heavy atom. The Hall–Kier alpha value is -0.450. The van der Waals surface area contributed by atoms with Gasteiger partial charge >= 0.3 is 0 Å². The minimum absolute atomic E-state index is 0.541. The summed E-state index contributed by atoms with van der Waals surface area (Å²) in [4.78, 5) is 0. The summed E-state index contributed by atoms with van der Waals surface area (Å²) in [6.07, 6.45) is 2.38.